The number of carbonyl (C=O) groups is 1. The summed E-state index contributed by atoms with van der Waals surface area (Å²) in [7, 11) is 3.35. The topological polar surface area (TPSA) is 71.5 Å². The maximum absolute atomic E-state index is 13.5. The predicted molar refractivity (Wildman–Crippen MR) is 148 cm³/mol. The quantitative estimate of drug-likeness (QED) is 0.476. The van der Waals surface area contributed by atoms with Gasteiger partial charge in [-0.1, -0.05) is 18.2 Å². The zero-order chi connectivity index (χ0) is 29.4. The Bertz CT molecular complexity index is 1440. The molecule has 1 N–H and O–H groups in total. The molecule has 7 rings (SSSR count). The molecule has 2 saturated carbocycles. The number of alkyl halides is 3. The van der Waals surface area contributed by atoms with Crippen LogP contribution >= 0.6 is 0 Å². The summed E-state index contributed by atoms with van der Waals surface area (Å²) in [6.45, 7) is 1.87. The van der Waals surface area contributed by atoms with Gasteiger partial charge in [-0.25, -0.2) is 0 Å². The van der Waals surface area contributed by atoms with Crippen LogP contribution in [0.1, 0.15) is 48.8 Å². The molecule has 10 heteroatoms. The first-order chi connectivity index (χ1) is 20.0. The van der Waals surface area contributed by atoms with Gasteiger partial charge < -0.3 is 24.2 Å². The summed E-state index contributed by atoms with van der Waals surface area (Å²) in [6.07, 6.45) is 2.67. The molecule has 1 saturated heterocycles. The van der Waals surface area contributed by atoms with Crippen LogP contribution in [0.25, 0.3) is 6.08 Å². The third-order valence-electron chi connectivity index (χ3n) is 10.3. The molecule has 2 aromatic carbocycles. The van der Waals surface area contributed by atoms with Crippen LogP contribution in [-0.2, 0) is 16.6 Å². The Balaban J connectivity index is 1.19. The summed E-state index contributed by atoms with van der Waals surface area (Å²) in [5.41, 5.74) is 0.967. The number of halogens is 3. The molecular weight excluding hydrogens is 549 g/mol. The number of aliphatic hydroxyl groups is 1. The Hall–Kier alpha value is -3.24. The fourth-order valence-electron chi connectivity index (χ4n) is 8.27. The number of amides is 1. The number of ether oxygens (including phenoxy) is 3. The molecule has 2 aromatic rings. The lowest BCUT2D eigenvalue weighted by molar-refractivity contribution is -0.274. The number of hydrogen-bond donors (Lipinski definition) is 1. The molecule has 3 aliphatic carbocycles. The van der Waals surface area contributed by atoms with Gasteiger partial charge in [0.15, 0.2) is 11.5 Å². The number of benzene rings is 2. The molecular formula is C32H35F3N2O5. The average molecular weight is 585 g/mol. The average Bonchev–Trinajstić information content (AvgIpc) is 3.69. The minimum absolute atomic E-state index is 0.0159. The van der Waals surface area contributed by atoms with E-state index in [1.54, 1.807) is 25.1 Å². The fraction of sp³-hybridized carbons (Fsp3) is 0.531. The maximum atomic E-state index is 13.5. The first-order valence-corrected chi connectivity index (χ1v) is 14.7. The number of hydrogen-bond acceptors (Lipinski definition) is 6. The van der Waals surface area contributed by atoms with E-state index in [2.05, 4.69) is 15.7 Å². The van der Waals surface area contributed by atoms with Gasteiger partial charge in [0.2, 0.25) is 5.91 Å². The van der Waals surface area contributed by atoms with Gasteiger partial charge >= 0.3 is 6.36 Å². The van der Waals surface area contributed by atoms with Crippen molar-refractivity contribution in [2.75, 3.05) is 27.2 Å². The molecule has 7 nitrogen and oxygen atoms in total. The van der Waals surface area contributed by atoms with Gasteiger partial charge in [-0.2, -0.15) is 0 Å². The standard InChI is InChI=1S/C32H35F3N2O5/c1-36(26(38)11-8-19-4-3-5-22(16-19)42-32(33,34)35)23-12-13-31(39)25-17-21-9-10-24(40-2)28-27(21)30(31,29(23)41-28)14-15-37(25)18-20-6-7-20/h3-5,8-11,16,20,23,25,29,39H,6-7,12-15,17-18H2,1-2H3/t23-,25-,29+,30+,31-/m1/s1. The van der Waals surface area contributed by atoms with E-state index in [1.807, 2.05) is 6.07 Å². The van der Waals surface area contributed by atoms with Gasteiger partial charge in [-0.05, 0) is 86.4 Å². The molecule has 1 spiro atoms. The number of nitrogens with zero attached hydrogens (tertiary/aromatic N) is 2. The van der Waals surface area contributed by atoms with Gasteiger partial charge in [0, 0.05) is 31.3 Å². The van der Waals surface area contributed by atoms with E-state index in [0.29, 0.717) is 35.8 Å². The predicted octanol–water partition coefficient (Wildman–Crippen LogP) is 4.70. The normalized spacial score (nSPS) is 31.4. The number of carbonyl (C=O) groups excluding carboxylic acids is 1. The Kier molecular flexibility index (Phi) is 6.33. The summed E-state index contributed by atoms with van der Waals surface area (Å²) in [6, 6.07) is 9.21. The summed E-state index contributed by atoms with van der Waals surface area (Å²) in [5, 5.41) is 12.7. The van der Waals surface area contributed by atoms with E-state index < -0.39 is 23.5 Å². The van der Waals surface area contributed by atoms with E-state index in [1.165, 1.54) is 48.8 Å². The lowest BCUT2D eigenvalue weighted by Gasteiger charge is -2.64. The second kappa shape index (κ2) is 9.64. The van der Waals surface area contributed by atoms with Crippen molar-refractivity contribution in [1.82, 2.24) is 9.80 Å². The van der Waals surface area contributed by atoms with E-state index in [4.69, 9.17) is 9.47 Å². The zero-order valence-electron chi connectivity index (χ0n) is 23.7. The number of likely N-dealkylation sites (N-methyl/N-ethyl adjacent to an activating group) is 1. The Morgan fingerprint density at radius 3 is 2.76 bits per heavy atom. The highest BCUT2D eigenvalue weighted by Crippen LogP contribution is 2.66. The van der Waals surface area contributed by atoms with Gasteiger partial charge in [0.05, 0.1) is 24.2 Å². The second-order valence-corrected chi connectivity index (χ2v) is 12.5. The molecule has 2 aliphatic heterocycles. The van der Waals surface area contributed by atoms with Crippen LogP contribution in [-0.4, -0.2) is 78.2 Å². The van der Waals surface area contributed by atoms with Gasteiger partial charge in [0.25, 0.3) is 0 Å². The first kappa shape index (κ1) is 27.6. The molecule has 2 heterocycles. The van der Waals surface area contributed by atoms with E-state index in [0.717, 1.165) is 31.5 Å². The zero-order valence-corrected chi connectivity index (χ0v) is 23.7. The maximum Gasteiger partial charge on any atom is 0.573 e. The Morgan fingerprint density at radius 1 is 1.21 bits per heavy atom. The number of likely N-dealkylation sites (tertiary alicyclic amines) is 1. The van der Waals surface area contributed by atoms with Crippen molar-refractivity contribution in [3.05, 3.63) is 59.2 Å². The highest BCUT2D eigenvalue weighted by atomic mass is 19.4. The minimum atomic E-state index is -4.80. The molecule has 0 radical (unpaired) electrons. The first-order valence-electron chi connectivity index (χ1n) is 14.7. The third kappa shape index (κ3) is 4.20. The van der Waals surface area contributed by atoms with E-state index >= 15 is 0 Å². The van der Waals surface area contributed by atoms with Gasteiger partial charge in [-0.3, -0.25) is 9.69 Å². The number of rotatable bonds is 7. The summed E-state index contributed by atoms with van der Waals surface area (Å²) in [4.78, 5) is 17.6. The van der Waals surface area contributed by atoms with Gasteiger partial charge in [-0.15, -0.1) is 13.2 Å². The van der Waals surface area contributed by atoms with Crippen LogP contribution in [0, 0.1) is 5.92 Å². The molecule has 3 fully saturated rings. The molecule has 1 amide bonds. The Morgan fingerprint density at radius 2 is 2.02 bits per heavy atom. The van der Waals surface area contributed by atoms with Crippen molar-refractivity contribution in [2.24, 2.45) is 5.92 Å². The monoisotopic (exact) mass is 584 g/mol. The lowest BCUT2D eigenvalue weighted by atomic mass is 9.48. The van der Waals surface area contributed by atoms with E-state index in [9.17, 15) is 23.1 Å². The summed E-state index contributed by atoms with van der Waals surface area (Å²) < 4.78 is 54.5. The SMILES string of the molecule is COc1ccc2c3c1O[C@H]1[C@H](N(C)C(=O)C=Cc4cccc(OC(F)(F)F)c4)CC[C@@]4(O)[C@@H](C2)N(CC2CC2)CC[C@]314. The van der Waals surface area contributed by atoms with Crippen LogP contribution in [0.2, 0.25) is 0 Å². The smallest absolute Gasteiger partial charge is 0.493 e. The molecule has 0 aromatic heterocycles. The van der Waals surface area contributed by atoms with Crippen LogP contribution in [0.5, 0.6) is 17.2 Å². The highest BCUT2D eigenvalue weighted by molar-refractivity contribution is 5.92. The largest absolute Gasteiger partial charge is 0.573 e. The molecule has 224 valence electrons. The van der Waals surface area contributed by atoms with Crippen LogP contribution in [0.15, 0.2) is 42.5 Å². The van der Waals surface area contributed by atoms with Crippen molar-refractivity contribution in [1.29, 1.82) is 0 Å². The van der Waals surface area contributed by atoms with Crippen LogP contribution in [0.4, 0.5) is 13.2 Å². The highest BCUT2D eigenvalue weighted by Gasteiger charge is 2.73. The molecule has 5 atom stereocenters. The summed E-state index contributed by atoms with van der Waals surface area (Å²) in [5.74, 6) is 1.37. The molecule has 0 unspecified atom stereocenters. The van der Waals surface area contributed by atoms with Gasteiger partial charge in [0.1, 0.15) is 11.9 Å². The van der Waals surface area contributed by atoms with Crippen LogP contribution < -0.4 is 14.2 Å². The third-order valence-corrected chi connectivity index (χ3v) is 10.3. The van der Waals surface area contributed by atoms with Crippen molar-refractivity contribution < 1.29 is 37.3 Å². The van der Waals surface area contributed by atoms with Crippen molar-refractivity contribution in [3.63, 3.8) is 0 Å². The van der Waals surface area contributed by atoms with Crippen LogP contribution in [0.3, 0.4) is 0 Å². The summed E-state index contributed by atoms with van der Waals surface area (Å²) >= 11 is 0. The lowest BCUT2D eigenvalue weighted by Crippen LogP contribution is -2.78. The Labute approximate surface area is 242 Å². The second-order valence-electron chi connectivity index (χ2n) is 12.5. The van der Waals surface area contributed by atoms with Crippen molar-refractivity contribution in [2.45, 2.75) is 74.1 Å². The molecule has 2 bridgehead atoms. The number of methoxy groups -OCH3 is 1. The molecule has 5 aliphatic rings. The van der Waals surface area contributed by atoms with Crippen molar-refractivity contribution in [3.8, 4) is 17.2 Å². The van der Waals surface area contributed by atoms with Crippen molar-refractivity contribution >= 4 is 12.0 Å². The van der Waals surface area contributed by atoms with E-state index in [-0.39, 0.29) is 23.7 Å². The minimum Gasteiger partial charge on any atom is -0.493 e. The fourth-order valence-corrected chi connectivity index (χ4v) is 8.27. The number of piperidine rings is 1. The molecule has 42 heavy (non-hydrogen) atoms.